The second kappa shape index (κ2) is 5.48. The molecule has 0 bridgehead atoms. The Labute approximate surface area is 122 Å². The first-order valence-electron chi connectivity index (χ1n) is 5.27. The van der Waals surface area contributed by atoms with Crippen LogP contribution in [0.3, 0.4) is 0 Å². The van der Waals surface area contributed by atoms with Crippen molar-refractivity contribution >= 4 is 35.0 Å². The molecule has 0 aliphatic rings. The van der Waals surface area contributed by atoms with Crippen LogP contribution >= 0.6 is 23.2 Å². The van der Waals surface area contributed by atoms with Gasteiger partial charge in [0.05, 0.1) is 17.8 Å². The number of aromatic nitrogens is 2. The van der Waals surface area contributed by atoms with Gasteiger partial charge in [-0.3, -0.25) is 0 Å². The van der Waals surface area contributed by atoms with Gasteiger partial charge in [-0.25, -0.2) is 4.79 Å². The summed E-state index contributed by atoms with van der Waals surface area (Å²) in [6, 6.07) is 4.77. The minimum absolute atomic E-state index is 0.101. The summed E-state index contributed by atoms with van der Waals surface area (Å²) < 4.78 is 1.15. The van der Waals surface area contributed by atoms with Crippen LogP contribution in [0.2, 0.25) is 10.0 Å². The molecule has 2 rings (SSSR count). The van der Waals surface area contributed by atoms with Crippen molar-refractivity contribution in [1.29, 1.82) is 0 Å². The third kappa shape index (κ3) is 2.89. The Morgan fingerprint density at radius 2 is 2.15 bits per heavy atom. The number of halogens is 2. The standard InChI is InChI=1S/C11H7Cl2N3O4/c12-7-2-1-6(9(13)3-7)4-15-5-8(11(17)18)10(14-15)16(19)20/h1-3,5H,4H2,(H,17,18). The predicted molar refractivity (Wildman–Crippen MR) is 71.4 cm³/mol. The molecule has 2 aromatic rings. The second-order valence-electron chi connectivity index (χ2n) is 3.86. The number of benzene rings is 1. The number of nitro groups is 1. The Morgan fingerprint density at radius 3 is 2.65 bits per heavy atom. The van der Waals surface area contributed by atoms with E-state index < -0.39 is 22.3 Å². The van der Waals surface area contributed by atoms with Crippen molar-refractivity contribution in [3.63, 3.8) is 0 Å². The fourth-order valence-corrected chi connectivity index (χ4v) is 2.07. The molecule has 0 spiro atoms. The van der Waals surface area contributed by atoms with Gasteiger partial charge < -0.3 is 15.2 Å². The van der Waals surface area contributed by atoms with Gasteiger partial charge in [0.1, 0.15) is 0 Å². The van der Waals surface area contributed by atoms with Crippen LogP contribution in [0.15, 0.2) is 24.4 Å². The van der Waals surface area contributed by atoms with Crippen LogP contribution in [0.1, 0.15) is 15.9 Å². The van der Waals surface area contributed by atoms with Crippen LogP contribution in [0, 0.1) is 10.1 Å². The fraction of sp³-hybridized carbons (Fsp3) is 0.0909. The third-order valence-electron chi connectivity index (χ3n) is 2.49. The molecule has 9 heteroatoms. The van der Waals surface area contributed by atoms with Gasteiger partial charge in [-0.2, -0.15) is 4.68 Å². The maximum atomic E-state index is 10.9. The lowest BCUT2D eigenvalue weighted by Crippen LogP contribution is -2.01. The molecular formula is C11H7Cl2N3O4. The zero-order chi connectivity index (χ0) is 14.9. The Hall–Kier alpha value is -2.12. The van der Waals surface area contributed by atoms with Crippen molar-refractivity contribution in [2.45, 2.75) is 6.54 Å². The molecule has 0 atom stereocenters. The number of hydrogen-bond acceptors (Lipinski definition) is 4. The van der Waals surface area contributed by atoms with Crippen LogP contribution in [0.4, 0.5) is 5.82 Å². The fourth-order valence-electron chi connectivity index (χ4n) is 1.60. The molecule has 0 fully saturated rings. The van der Waals surface area contributed by atoms with E-state index in [1.54, 1.807) is 12.1 Å². The van der Waals surface area contributed by atoms with Gasteiger partial charge in [-0.1, -0.05) is 29.3 Å². The maximum Gasteiger partial charge on any atom is 0.404 e. The highest BCUT2D eigenvalue weighted by Gasteiger charge is 2.26. The molecule has 1 N–H and O–H groups in total. The number of nitrogens with zero attached hydrogens (tertiary/aromatic N) is 3. The zero-order valence-electron chi connectivity index (χ0n) is 9.79. The van der Waals surface area contributed by atoms with E-state index in [0.717, 1.165) is 10.9 Å². The number of hydrogen-bond donors (Lipinski definition) is 1. The molecule has 1 aromatic carbocycles. The molecular weight excluding hydrogens is 309 g/mol. The van der Waals surface area contributed by atoms with E-state index >= 15 is 0 Å². The van der Waals surface area contributed by atoms with Gasteiger partial charge in [0, 0.05) is 10.0 Å². The summed E-state index contributed by atoms with van der Waals surface area (Å²) in [6.07, 6.45) is 1.09. The van der Waals surface area contributed by atoms with E-state index in [-0.39, 0.29) is 6.54 Å². The molecule has 0 aliphatic heterocycles. The van der Waals surface area contributed by atoms with E-state index in [2.05, 4.69) is 5.10 Å². The largest absolute Gasteiger partial charge is 0.477 e. The zero-order valence-corrected chi connectivity index (χ0v) is 11.3. The number of carbonyl (C=O) groups is 1. The monoisotopic (exact) mass is 315 g/mol. The van der Waals surface area contributed by atoms with Gasteiger partial charge >= 0.3 is 11.8 Å². The minimum Gasteiger partial charge on any atom is -0.477 e. The normalized spacial score (nSPS) is 10.5. The van der Waals surface area contributed by atoms with Gasteiger partial charge in [0.2, 0.25) is 0 Å². The first kappa shape index (κ1) is 14.3. The smallest absolute Gasteiger partial charge is 0.404 e. The number of rotatable bonds is 4. The van der Waals surface area contributed by atoms with E-state index in [9.17, 15) is 14.9 Å². The van der Waals surface area contributed by atoms with E-state index in [1.165, 1.54) is 6.07 Å². The maximum absolute atomic E-state index is 10.9. The van der Waals surface area contributed by atoms with Gasteiger partial charge in [-0.15, -0.1) is 0 Å². The molecule has 0 saturated carbocycles. The topological polar surface area (TPSA) is 98.3 Å². The summed E-state index contributed by atoms with van der Waals surface area (Å²) in [5.41, 5.74) is 0.144. The lowest BCUT2D eigenvalue weighted by molar-refractivity contribution is -0.390. The van der Waals surface area contributed by atoms with Gasteiger partial charge in [0.15, 0.2) is 5.56 Å². The van der Waals surface area contributed by atoms with E-state index in [0.29, 0.717) is 15.6 Å². The SMILES string of the molecule is O=C(O)c1cn(Cc2ccc(Cl)cc2Cl)nc1[N+](=O)[O-]. The van der Waals surface area contributed by atoms with Crippen molar-refractivity contribution in [3.8, 4) is 0 Å². The number of carboxylic acids is 1. The Balaban J connectivity index is 2.37. The molecule has 20 heavy (non-hydrogen) atoms. The molecule has 0 aliphatic carbocycles. The van der Waals surface area contributed by atoms with Gasteiger partial charge in [0.25, 0.3) is 0 Å². The Bertz CT molecular complexity index is 667. The molecule has 0 saturated heterocycles. The van der Waals surface area contributed by atoms with Crippen LogP contribution in [0.25, 0.3) is 0 Å². The summed E-state index contributed by atoms with van der Waals surface area (Å²) >= 11 is 11.7. The van der Waals surface area contributed by atoms with Crippen molar-refractivity contribution in [2.75, 3.05) is 0 Å². The average molecular weight is 316 g/mol. The van der Waals surface area contributed by atoms with Crippen LogP contribution in [0.5, 0.6) is 0 Å². The summed E-state index contributed by atoms with van der Waals surface area (Å²) in [5.74, 6) is -2.12. The molecule has 1 aromatic heterocycles. The Morgan fingerprint density at radius 1 is 1.45 bits per heavy atom. The van der Waals surface area contributed by atoms with Crippen molar-refractivity contribution < 1.29 is 14.8 Å². The number of aromatic carboxylic acids is 1. The predicted octanol–water partition coefficient (Wildman–Crippen LogP) is 2.84. The number of carboxylic acid groups (broad SMARTS) is 1. The van der Waals surface area contributed by atoms with Crippen LogP contribution in [-0.4, -0.2) is 25.8 Å². The molecule has 0 radical (unpaired) electrons. The lowest BCUT2D eigenvalue weighted by atomic mass is 10.2. The van der Waals surface area contributed by atoms with Crippen LogP contribution in [-0.2, 0) is 6.54 Å². The quantitative estimate of drug-likeness (QED) is 0.691. The summed E-state index contributed by atoms with van der Waals surface area (Å²) in [7, 11) is 0. The molecule has 0 unspecified atom stereocenters. The van der Waals surface area contributed by atoms with Crippen molar-refractivity contribution in [1.82, 2.24) is 9.78 Å². The molecule has 0 amide bonds. The van der Waals surface area contributed by atoms with Gasteiger partial charge in [-0.05, 0) is 22.6 Å². The first-order valence-corrected chi connectivity index (χ1v) is 6.03. The van der Waals surface area contributed by atoms with Crippen LogP contribution < -0.4 is 0 Å². The minimum atomic E-state index is -1.41. The summed E-state index contributed by atoms with van der Waals surface area (Å²) in [4.78, 5) is 20.8. The lowest BCUT2D eigenvalue weighted by Gasteiger charge is -2.02. The highest BCUT2D eigenvalue weighted by atomic mass is 35.5. The van der Waals surface area contributed by atoms with Crippen molar-refractivity contribution in [2.24, 2.45) is 0 Å². The molecule has 1 heterocycles. The Kier molecular flexibility index (Phi) is 3.91. The first-order chi connectivity index (χ1) is 9.38. The third-order valence-corrected chi connectivity index (χ3v) is 3.08. The summed E-state index contributed by atoms with van der Waals surface area (Å²) in [5, 5.41) is 24.1. The highest BCUT2D eigenvalue weighted by molar-refractivity contribution is 6.35. The second-order valence-corrected chi connectivity index (χ2v) is 4.71. The molecule has 104 valence electrons. The highest BCUT2D eigenvalue weighted by Crippen LogP contribution is 2.23. The molecule has 7 nitrogen and oxygen atoms in total. The van der Waals surface area contributed by atoms with E-state index in [4.69, 9.17) is 28.3 Å². The summed E-state index contributed by atoms with van der Waals surface area (Å²) in [6.45, 7) is 0.101. The average Bonchev–Trinajstić information content (AvgIpc) is 2.77. The van der Waals surface area contributed by atoms with Crippen molar-refractivity contribution in [3.05, 3.63) is 55.7 Å². The van der Waals surface area contributed by atoms with E-state index in [1.807, 2.05) is 0 Å².